The minimum absolute atomic E-state index is 0.0233. The number of piperidine rings is 1. The number of carbonyl (C=O) groups excluding carboxylic acids is 1. The Labute approximate surface area is 133 Å². The normalized spacial score (nSPS) is 18.1. The van der Waals surface area contributed by atoms with Gasteiger partial charge in [0, 0.05) is 25.0 Å². The minimum atomic E-state index is -0.448. The molecule has 0 unspecified atom stereocenters. The summed E-state index contributed by atoms with van der Waals surface area (Å²) in [5.41, 5.74) is 8.18. The highest BCUT2D eigenvalue weighted by Gasteiger charge is 2.37. The van der Waals surface area contributed by atoms with E-state index < -0.39 is 5.60 Å². The molecule has 1 aromatic carbocycles. The lowest BCUT2D eigenvalue weighted by molar-refractivity contribution is 0.0167. The van der Waals surface area contributed by atoms with Crippen LogP contribution in [0.25, 0.3) is 0 Å². The van der Waals surface area contributed by atoms with Crippen LogP contribution in [0.4, 0.5) is 4.79 Å². The van der Waals surface area contributed by atoms with Crippen molar-refractivity contribution in [3.05, 3.63) is 35.4 Å². The first kappa shape index (κ1) is 16.8. The molecule has 1 aromatic rings. The highest BCUT2D eigenvalue weighted by Crippen LogP contribution is 2.35. The largest absolute Gasteiger partial charge is 0.444 e. The molecular weight excluding hydrogens is 276 g/mol. The molecule has 1 fully saturated rings. The highest BCUT2D eigenvalue weighted by atomic mass is 16.6. The fraction of sp³-hybridized carbons (Fsp3) is 0.611. The molecule has 0 aromatic heterocycles. The topological polar surface area (TPSA) is 55.6 Å². The highest BCUT2D eigenvalue weighted by molar-refractivity contribution is 5.68. The number of carbonyl (C=O) groups is 1. The first-order chi connectivity index (χ1) is 10.3. The van der Waals surface area contributed by atoms with Crippen molar-refractivity contribution in [2.75, 3.05) is 19.6 Å². The molecule has 1 saturated heterocycles. The molecule has 1 heterocycles. The second kappa shape index (κ2) is 6.29. The van der Waals surface area contributed by atoms with E-state index in [4.69, 9.17) is 10.5 Å². The van der Waals surface area contributed by atoms with Crippen molar-refractivity contribution in [2.45, 2.75) is 51.6 Å². The number of amides is 1. The van der Waals surface area contributed by atoms with Crippen molar-refractivity contribution in [3.63, 3.8) is 0 Å². The van der Waals surface area contributed by atoms with Crippen LogP contribution in [0.1, 0.15) is 44.7 Å². The lowest BCUT2D eigenvalue weighted by Gasteiger charge is -2.42. The third-order valence-electron chi connectivity index (χ3n) is 4.39. The Morgan fingerprint density at radius 3 is 2.45 bits per heavy atom. The maximum absolute atomic E-state index is 12.2. The first-order valence-corrected chi connectivity index (χ1v) is 8.01. The zero-order chi connectivity index (χ0) is 16.4. The molecule has 4 nitrogen and oxygen atoms in total. The fourth-order valence-corrected chi connectivity index (χ4v) is 3.03. The van der Waals surface area contributed by atoms with Gasteiger partial charge in [0.1, 0.15) is 5.60 Å². The van der Waals surface area contributed by atoms with Crippen molar-refractivity contribution in [2.24, 2.45) is 5.73 Å². The number of nitrogens with two attached hydrogens (primary N) is 1. The van der Waals surface area contributed by atoms with E-state index in [1.807, 2.05) is 20.8 Å². The average molecular weight is 304 g/mol. The Morgan fingerprint density at radius 2 is 1.95 bits per heavy atom. The Hall–Kier alpha value is -1.55. The van der Waals surface area contributed by atoms with Gasteiger partial charge in [0.15, 0.2) is 0 Å². The summed E-state index contributed by atoms with van der Waals surface area (Å²) in [5.74, 6) is 0. The number of likely N-dealkylation sites (tertiary alicyclic amines) is 1. The van der Waals surface area contributed by atoms with Crippen LogP contribution < -0.4 is 5.73 Å². The third kappa shape index (κ3) is 3.80. The molecular formula is C18H28N2O2. The van der Waals surface area contributed by atoms with Gasteiger partial charge in [-0.3, -0.25) is 0 Å². The van der Waals surface area contributed by atoms with Crippen molar-refractivity contribution in [1.29, 1.82) is 0 Å². The summed E-state index contributed by atoms with van der Waals surface area (Å²) in [6.45, 7) is 9.78. The molecule has 0 atom stereocenters. The molecule has 1 aliphatic heterocycles. The Balaban J connectivity index is 2.07. The molecule has 22 heavy (non-hydrogen) atoms. The molecule has 0 aliphatic carbocycles. The molecule has 0 saturated carbocycles. The van der Waals surface area contributed by atoms with E-state index in [9.17, 15) is 4.79 Å². The summed E-state index contributed by atoms with van der Waals surface area (Å²) < 4.78 is 5.46. The van der Waals surface area contributed by atoms with Crippen molar-refractivity contribution >= 4 is 6.09 Å². The molecule has 0 bridgehead atoms. The number of ether oxygens (including phenoxy) is 1. The van der Waals surface area contributed by atoms with Crippen LogP contribution in [0.3, 0.4) is 0 Å². The van der Waals surface area contributed by atoms with Crippen molar-refractivity contribution < 1.29 is 9.53 Å². The average Bonchev–Trinajstić information content (AvgIpc) is 2.45. The van der Waals surface area contributed by atoms with E-state index in [1.165, 1.54) is 11.1 Å². The van der Waals surface area contributed by atoms with Gasteiger partial charge in [-0.25, -0.2) is 4.79 Å². The maximum Gasteiger partial charge on any atom is 0.410 e. The van der Waals surface area contributed by atoms with Gasteiger partial charge in [-0.15, -0.1) is 0 Å². The van der Waals surface area contributed by atoms with Crippen LogP contribution >= 0.6 is 0 Å². The number of benzene rings is 1. The van der Waals surface area contributed by atoms with Crippen LogP contribution in [-0.4, -0.2) is 36.2 Å². The molecule has 1 aliphatic rings. The quantitative estimate of drug-likeness (QED) is 0.912. The summed E-state index contributed by atoms with van der Waals surface area (Å²) in [6, 6.07) is 8.56. The lowest BCUT2D eigenvalue weighted by atomic mass is 9.72. The van der Waals surface area contributed by atoms with Gasteiger partial charge in [0.2, 0.25) is 0 Å². The molecule has 0 spiro atoms. The van der Waals surface area contributed by atoms with Gasteiger partial charge in [-0.1, -0.05) is 29.8 Å². The van der Waals surface area contributed by atoms with E-state index in [0.29, 0.717) is 19.6 Å². The zero-order valence-corrected chi connectivity index (χ0v) is 14.2. The van der Waals surface area contributed by atoms with Crippen LogP contribution in [-0.2, 0) is 10.2 Å². The lowest BCUT2D eigenvalue weighted by Crippen LogP contribution is -2.49. The van der Waals surface area contributed by atoms with E-state index in [1.54, 1.807) is 4.90 Å². The Kier molecular flexibility index (Phi) is 4.81. The number of aryl methyl sites for hydroxylation is 1. The smallest absolute Gasteiger partial charge is 0.410 e. The molecule has 2 rings (SSSR count). The molecule has 2 N–H and O–H groups in total. The SMILES string of the molecule is Cc1cccc(C2(CN)CCN(C(=O)OC(C)(C)C)CC2)c1. The Bertz CT molecular complexity index is 526. The van der Waals surface area contributed by atoms with Gasteiger partial charge in [0.25, 0.3) is 0 Å². The predicted molar refractivity (Wildman–Crippen MR) is 89.0 cm³/mol. The van der Waals surface area contributed by atoms with E-state index in [2.05, 4.69) is 31.2 Å². The first-order valence-electron chi connectivity index (χ1n) is 8.01. The van der Waals surface area contributed by atoms with Gasteiger partial charge in [-0.05, 0) is 46.1 Å². The summed E-state index contributed by atoms with van der Waals surface area (Å²) >= 11 is 0. The number of nitrogens with zero attached hydrogens (tertiary/aromatic N) is 1. The number of rotatable bonds is 2. The second-order valence-corrected chi connectivity index (χ2v) is 7.32. The fourth-order valence-electron chi connectivity index (χ4n) is 3.03. The van der Waals surface area contributed by atoms with Gasteiger partial charge in [-0.2, -0.15) is 0 Å². The predicted octanol–water partition coefficient (Wildman–Crippen LogP) is 3.22. The monoisotopic (exact) mass is 304 g/mol. The minimum Gasteiger partial charge on any atom is -0.444 e. The van der Waals surface area contributed by atoms with Gasteiger partial charge < -0.3 is 15.4 Å². The maximum atomic E-state index is 12.2. The Morgan fingerprint density at radius 1 is 1.32 bits per heavy atom. The van der Waals surface area contributed by atoms with Crippen molar-refractivity contribution in [1.82, 2.24) is 4.90 Å². The van der Waals surface area contributed by atoms with Crippen LogP contribution in [0, 0.1) is 6.92 Å². The van der Waals surface area contributed by atoms with Crippen LogP contribution in [0.5, 0.6) is 0 Å². The standard InChI is InChI=1S/C18H28N2O2/c1-14-6-5-7-15(12-14)18(13-19)8-10-20(11-9-18)16(21)22-17(2,3)4/h5-7,12H,8-11,13,19H2,1-4H3. The van der Waals surface area contributed by atoms with E-state index in [0.717, 1.165) is 12.8 Å². The molecule has 122 valence electrons. The summed E-state index contributed by atoms with van der Waals surface area (Å²) in [4.78, 5) is 14.0. The zero-order valence-electron chi connectivity index (χ0n) is 14.2. The summed E-state index contributed by atoms with van der Waals surface area (Å²) in [7, 11) is 0. The van der Waals surface area contributed by atoms with Gasteiger partial charge in [0.05, 0.1) is 0 Å². The second-order valence-electron chi connectivity index (χ2n) is 7.32. The number of hydrogen-bond acceptors (Lipinski definition) is 3. The molecule has 0 radical (unpaired) electrons. The molecule has 1 amide bonds. The van der Waals surface area contributed by atoms with Crippen LogP contribution in [0.2, 0.25) is 0 Å². The van der Waals surface area contributed by atoms with E-state index in [-0.39, 0.29) is 11.5 Å². The van der Waals surface area contributed by atoms with Crippen molar-refractivity contribution in [3.8, 4) is 0 Å². The number of hydrogen-bond donors (Lipinski definition) is 1. The van der Waals surface area contributed by atoms with Gasteiger partial charge >= 0.3 is 6.09 Å². The molecule has 4 heteroatoms. The summed E-state index contributed by atoms with van der Waals surface area (Å²) in [6.07, 6.45) is 1.54. The third-order valence-corrected chi connectivity index (χ3v) is 4.39. The van der Waals surface area contributed by atoms with E-state index >= 15 is 0 Å². The van der Waals surface area contributed by atoms with Crippen LogP contribution in [0.15, 0.2) is 24.3 Å². The summed E-state index contributed by atoms with van der Waals surface area (Å²) in [5, 5.41) is 0.